The summed E-state index contributed by atoms with van der Waals surface area (Å²) in [5.41, 5.74) is 0. The molecule has 96 valence electrons. The van der Waals surface area contributed by atoms with Gasteiger partial charge in [-0.2, -0.15) is 0 Å². The van der Waals surface area contributed by atoms with Crippen molar-refractivity contribution in [1.82, 2.24) is 14.7 Å². The molecule has 0 bridgehead atoms. The van der Waals surface area contributed by atoms with Gasteiger partial charge in [-0.1, -0.05) is 6.07 Å². The Balaban J connectivity index is 2.20. The van der Waals surface area contributed by atoms with Crippen LogP contribution in [0.15, 0.2) is 34.8 Å². The average Bonchev–Trinajstić information content (AvgIpc) is 2.82. The fourth-order valence-corrected chi connectivity index (χ4v) is 3.35. The molecule has 0 aliphatic rings. The lowest BCUT2D eigenvalue weighted by Crippen LogP contribution is -2.26. The van der Waals surface area contributed by atoms with E-state index in [1.165, 1.54) is 23.7 Å². The van der Waals surface area contributed by atoms with Gasteiger partial charge in [0.1, 0.15) is 4.90 Å². The molecule has 8 heteroatoms. The van der Waals surface area contributed by atoms with Crippen LogP contribution in [0.5, 0.6) is 0 Å². The van der Waals surface area contributed by atoms with E-state index in [4.69, 9.17) is 11.6 Å². The number of thiophene rings is 1. The molecule has 2 aromatic heterocycles. The highest BCUT2D eigenvalue weighted by Gasteiger charge is 2.19. The van der Waals surface area contributed by atoms with E-state index < -0.39 is 10.0 Å². The van der Waals surface area contributed by atoms with Crippen LogP contribution in [0.4, 0.5) is 0 Å². The molecule has 0 aliphatic carbocycles. The highest BCUT2D eigenvalue weighted by Crippen LogP contribution is 2.20. The van der Waals surface area contributed by atoms with Crippen molar-refractivity contribution in [2.24, 2.45) is 0 Å². The molecular weight excluding hydrogens is 294 g/mol. The second-order valence-corrected chi connectivity index (χ2v) is 6.58. The van der Waals surface area contributed by atoms with Gasteiger partial charge in [0.05, 0.1) is 18.4 Å². The Morgan fingerprint density at radius 2 is 2.06 bits per heavy atom. The van der Waals surface area contributed by atoms with Crippen LogP contribution in [0.3, 0.4) is 0 Å². The molecule has 1 N–H and O–H groups in total. The number of nitrogens with one attached hydrogen (secondary N) is 1. The Morgan fingerprint density at radius 3 is 2.61 bits per heavy atom. The SMILES string of the molecule is CC(NS(=O)(=O)c1cnc(Cl)nc1)c1cccs1. The van der Waals surface area contributed by atoms with Crippen LogP contribution in [0.2, 0.25) is 5.28 Å². The summed E-state index contributed by atoms with van der Waals surface area (Å²) < 4.78 is 26.6. The third-order valence-electron chi connectivity index (χ3n) is 2.21. The minimum absolute atomic E-state index is 0.00435. The van der Waals surface area contributed by atoms with Gasteiger partial charge in [0.15, 0.2) is 0 Å². The fraction of sp³-hybridized carbons (Fsp3) is 0.200. The van der Waals surface area contributed by atoms with E-state index in [1.54, 1.807) is 6.92 Å². The molecule has 0 radical (unpaired) electrons. The van der Waals surface area contributed by atoms with Crippen LogP contribution in [0.1, 0.15) is 17.8 Å². The van der Waals surface area contributed by atoms with E-state index in [9.17, 15) is 8.42 Å². The first-order chi connectivity index (χ1) is 8.49. The van der Waals surface area contributed by atoms with E-state index in [2.05, 4.69) is 14.7 Å². The maximum atomic E-state index is 12.0. The van der Waals surface area contributed by atoms with Gasteiger partial charge in [-0.3, -0.25) is 0 Å². The summed E-state index contributed by atoms with van der Waals surface area (Å²) in [7, 11) is -3.63. The van der Waals surface area contributed by atoms with Gasteiger partial charge < -0.3 is 0 Å². The normalized spacial score (nSPS) is 13.4. The van der Waals surface area contributed by atoms with E-state index >= 15 is 0 Å². The molecule has 2 heterocycles. The zero-order valence-corrected chi connectivity index (χ0v) is 11.8. The predicted octanol–water partition coefficient (Wildman–Crippen LogP) is 2.23. The van der Waals surface area contributed by atoms with Crippen LogP contribution >= 0.6 is 22.9 Å². The molecule has 18 heavy (non-hydrogen) atoms. The smallest absolute Gasteiger partial charge is 0.225 e. The first kappa shape index (κ1) is 13.4. The van der Waals surface area contributed by atoms with E-state index in [-0.39, 0.29) is 16.2 Å². The fourth-order valence-electron chi connectivity index (χ4n) is 1.34. The van der Waals surface area contributed by atoms with Gasteiger partial charge in [0, 0.05) is 4.88 Å². The second kappa shape index (κ2) is 5.31. The number of rotatable bonds is 4. The van der Waals surface area contributed by atoms with E-state index in [1.807, 2.05) is 17.5 Å². The molecule has 2 aromatic rings. The summed E-state index contributed by atoms with van der Waals surface area (Å²) >= 11 is 7.00. The maximum absolute atomic E-state index is 12.0. The zero-order valence-electron chi connectivity index (χ0n) is 9.37. The van der Waals surface area contributed by atoms with Crippen molar-refractivity contribution in [3.63, 3.8) is 0 Å². The largest absolute Gasteiger partial charge is 0.244 e. The summed E-state index contributed by atoms with van der Waals surface area (Å²) in [6.07, 6.45) is 2.36. The Morgan fingerprint density at radius 1 is 1.39 bits per heavy atom. The minimum Gasteiger partial charge on any atom is -0.225 e. The predicted molar refractivity (Wildman–Crippen MR) is 70.1 cm³/mol. The van der Waals surface area contributed by atoms with Gasteiger partial charge in [-0.15, -0.1) is 11.3 Å². The molecule has 1 atom stereocenters. The lowest BCUT2D eigenvalue weighted by molar-refractivity contribution is 0.567. The van der Waals surface area contributed by atoms with Crippen LogP contribution in [-0.4, -0.2) is 18.4 Å². The minimum atomic E-state index is -3.63. The van der Waals surface area contributed by atoms with E-state index in [0.717, 1.165) is 4.88 Å². The first-order valence-electron chi connectivity index (χ1n) is 5.02. The lowest BCUT2D eigenvalue weighted by atomic mass is 10.3. The maximum Gasteiger partial charge on any atom is 0.244 e. The Labute approximate surface area is 114 Å². The Kier molecular flexibility index (Phi) is 3.96. The Bertz CT molecular complexity index is 611. The highest BCUT2D eigenvalue weighted by atomic mass is 35.5. The topological polar surface area (TPSA) is 72.0 Å². The third-order valence-corrected chi connectivity index (χ3v) is 4.95. The van der Waals surface area contributed by atoms with Gasteiger partial charge in [-0.05, 0) is 30.0 Å². The molecule has 0 saturated heterocycles. The second-order valence-electron chi connectivity index (χ2n) is 3.55. The molecule has 0 saturated carbocycles. The van der Waals surface area contributed by atoms with Crippen molar-refractivity contribution in [2.45, 2.75) is 17.9 Å². The monoisotopic (exact) mass is 303 g/mol. The third kappa shape index (κ3) is 3.05. The van der Waals surface area contributed by atoms with Gasteiger partial charge in [0.25, 0.3) is 0 Å². The molecule has 5 nitrogen and oxygen atoms in total. The quantitative estimate of drug-likeness (QED) is 0.879. The highest BCUT2D eigenvalue weighted by molar-refractivity contribution is 7.89. The number of hydrogen-bond donors (Lipinski definition) is 1. The van der Waals surface area contributed by atoms with Gasteiger partial charge in [-0.25, -0.2) is 23.1 Å². The number of hydrogen-bond acceptors (Lipinski definition) is 5. The summed E-state index contributed by atoms with van der Waals surface area (Å²) in [6.45, 7) is 1.78. The molecule has 0 aliphatic heterocycles. The number of nitrogens with zero attached hydrogens (tertiary/aromatic N) is 2. The van der Waals surface area contributed by atoms with Crippen LogP contribution in [0, 0.1) is 0 Å². The first-order valence-corrected chi connectivity index (χ1v) is 7.76. The molecule has 0 amide bonds. The van der Waals surface area contributed by atoms with Crippen LogP contribution in [-0.2, 0) is 10.0 Å². The van der Waals surface area contributed by atoms with Crippen molar-refractivity contribution in [3.8, 4) is 0 Å². The van der Waals surface area contributed by atoms with Crippen molar-refractivity contribution >= 4 is 33.0 Å². The van der Waals surface area contributed by atoms with Crippen molar-refractivity contribution in [1.29, 1.82) is 0 Å². The molecule has 2 rings (SSSR count). The van der Waals surface area contributed by atoms with Crippen molar-refractivity contribution < 1.29 is 8.42 Å². The molecule has 0 fully saturated rings. The number of aromatic nitrogens is 2. The van der Waals surface area contributed by atoms with Crippen LogP contribution in [0.25, 0.3) is 0 Å². The van der Waals surface area contributed by atoms with Gasteiger partial charge in [0.2, 0.25) is 15.3 Å². The average molecular weight is 304 g/mol. The summed E-state index contributed by atoms with van der Waals surface area (Å²) in [5.74, 6) is 0. The zero-order chi connectivity index (χ0) is 13.2. The van der Waals surface area contributed by atoms with Gasteiger partial charge >= 0.3 is 0 Å². The molecule has 1 unspecified atom stereocenters. The number of halogens is 1. The standard InChI is InChI=1S/C10H10ClN3O2S2/c1-7(9-3-2-4-17-9)14-18(15,16)8-5-12-10(11)13-6-8/h2-7,14H,1H3. The Hall–Kier alpha value is -1.02. The van der Waals surface area contributed by atoms with Crippen molar-refractivity contribution in [3.05, 3.63) is 40.1 Å². The summed E-state index contributed by atoms with van der Waals surface area (Å²) in [4.78, 5) is 8.24. The van der Waals surface area contributed by atoms with Crippen LogP contribution < -0.4 is 4.72 Å². The number of sulfonamides is 1. The lowest BCUT2D eigenvalue weighted by Gasteiger charge is -2.12. The molecule has 0 spiro atoms. The summed E-state index contributed by atoms with van der Waals surface area (Å²) in [5, 5.41) is 1.91. The molecular formula is C10H10ClN3O2S2. The van der Waals surface area contributed by atoms with E-state index in [0.29, 0.717) is 0 Å². The summed E-state index contributed by atoms with van der Waals surface area (Å²) in [6, 6.07) is 3.44. The van der Waals surface area contributed by atoms with Crippen molar-refractivity contribution in [2.75, 3.05) is 0 Å². The molecule has 0 aromatic carbocycles.